The van der Waals surface area contributed by atoms with Gasteiger partial charge in [0.1, 0.15) is 11.3 Å². The lowest BCUT2D eigenvalue weighted by Crippen LogP contribution is -2.73. The van der Waals surface area contributed by atoms with Crippen LogP contribution in [0, 0.1) is 5.41 Å². The summed E-state index contributed by atoms with van der Waals surface area (Å²) >= 11 is 1.58. The van der Waals surface area contributed by atoms with Gasteiger partial charge in [-0.15, -0.1) is 11.8 Å². The number of hydrogen-bond donors (Lipinski definition) is 2. The minimum absolute atomic E-state index is 0.129. The third-order valence-electron chi connectivity index (χ3n) is 6.80. The average Bonchev–Trinajstić information content (AvgIpc) is 3.35. The molecule has 0 radical (unpaired) electrons. The van der Waals surface area contributed by atoms with E-state index in [9.17, 15) is 14.9 Å². The molecule has 8 heteroatoms. The number of carboxylic acids is 1. The molecule has 2 saturated heterocycles. The van der Waals surface area contributed by atoms with Crippen LogP contribution in [0.25, 0.3) is 0 Å². The van der Waals surface area contributed by atoms with Crippen molar-refractivity contribution < 1.29 is 19.6 Å². The van der Waals surface area contributed by atoms with Gasteiger partial charge in [0.2, 0.25) is 0 Å². The molecule has 1 aliphatic carbocycles. The molecule has 1 aromatic carbocycles. The first-order chi connectivity index (χ1) is 13.4. The van der Waals surface area contributed by atoms with E-state index in [1.165, 1.54) is 13.1 Å². The van der Waals surface area contributed by atoms with Crippen molar-refractivity contribution in [2.24, 2.45) is 5.41 Å². The van der Waals surface area contributed by atoms with Gasteiger partial charge in [-0.25, -0.2) is 4.79 Å². The monoisotopic (exact) mass is 402 g/mol. The lowest BCUT2D eigenvalue weighted by molar-refractivity contribution is -0.123. The predicted octanol–water partition coefficient (Wildman–Crippen LogP) is 2.23. The topological polar surface area (TPSA) is 73.2 Å². The van der Waals surface area contributed by atoms with Gasteiger partial charge >= 0.3 is 13.1 Å². The van der Waals surface area contributed by atoms with E-state index < -0.39 is 13.1 Å². The van der Waals surface area contributed by atoms with E-state index in [-0.39, 0.29) is 17.3 Å². The van der Waals surface area contributed by atoms with Crippen LogP contribution in [0.5, 0.6) is 5.75 Å². The van der Waals surface area contributed by atoms with Crippen LogP contribution in [-0.2, 0) is 0 Å². The van der Waals surface area contributed by atoms with Crippen molar-refractivity contribution in [3.05, 3.63) is 23.3 Å². The van der Waals surface area contributed by atoms with Crippen LogP contribution < -0.4 is 4.65 Å². The van der Waals surface area contributed by atoms with Gasteiger partial charge in [-0.3, -0.25) is 4.90 Å². The summed E-state index contributed by atoms with van der Waals surface area (Å²) in [6.45, 7) is 10.2. The summed E-state index contributed by atoms with van der Waals surface area (Å²) in [5, 5.41) is 19.8. The second kappa shape index (κ2) is 6.66. The molecule has 0 bridgehead atoms. The number of likely N-dealkylation sites (tertiary alicyclic amines) is 2. The first kappa shape index (κ1) is 18.8. The molecule has 1 spiro atoms. The molecule has 3 heterocycles. The molecule has 2 N–H and O–H groups in total. The average molecular weight is 402 g/mol. The minimum atomic E-state index is -0.975. The summed E-state index contributed by atoms with van der Waals surface area (Å²) < 4.78 is 5.60. The Hall–Kier alpha value is -1.22. The molecule has 3 aliphatic heterocycles. The van der Waals surface area contributed by atoms with Crippen LogP contribution in [-0.4, -0.2) is 77.5 Å². The third kappa shape index (κ3) is 3.05. The van der Waals surface area contributed by atoms with Gasteiger partial charge in [0.05, 0.1) is 0 Å². The van der Waals surface area contributed by atoms with Crippen LogP contribution in [0.2, 0.25) is 5.82 Å². The van der Waals surface area contributed by atoms with Crippen molar-refractivity contribution in [1.29, 1.82) is 0 Å². The quantitative estimate of drug-likeness (QED) is 0.559. The van der Waals surface area contributed by atoms with Crippen LogP contribution in [0.1, 0.15) is 42.1 Å². The molecule has 1 aromatic rings. The van der Waals surface area contributed by atoms with Gasteiger partial charge in [0.25, 0.3) is 0 Å². The fraction of sp³-hybridized carbons (Fsp3) is 0.650. The Labute approximate surface area is 170 Å². The summed E-state index contributed by atoms with van der Waals surface area (Å²) in [6, 6.07) is 4.56. The number of fused-ring (bicyclic) bond motifs is 3. The Balaban J connectivity index is 1.19. The summed E-state index contributed by atoms with van der Waals surface area (Å²) in [6.07, 6.45) is 0.880. The molecule has 3 fully saturated rings. The van der Waals surface area contributed by atoms with Gasteiger partial charge in [-0.2, -0.15) is 0 Å². The molecule has 4 aliphatic rings. The van der Waals surface area contributed by atoms with Crippen LogP contribution in [0.15, 0.2) is 17.0 Å². The van der Waals surface area contributed by atoms with E-state index in [1.807, 2.05) is 12.1 Å². The molecule has 28 heavy (non-hydrogen) atoms. The maximum atomic E-state index is 11.9. The van der Waals surface area contributed by atoms with Crippen molar-refractivity contribution in [3.8, 4) is 5.75 Å². The van der Waals surface area contributed by atoms with Crippen LogP contribution in [0.3, 0.4) is 0 Å². The van der Waals surface area contributed by atoms with Gasteiger partial charge < -0.3 is 19.7 Å². The van der Waals surface area contributed by atoms with Crippen molar-refractivity contribution >= 4 is 24.8 Å². The number of carbonyl (C=O) groups is 1. The fourth-order valence-electron chi connectivity index (χ4n) is 5.14. The Bertz CT molecular complexity index is 806. The molecule has 2 unspecified atom stereocenters. The first-order valence-electron chi connectivity index (χ1n) is 10.2. The van der Waals surface area contributed by atoms with Crippen molar-refractivity contribution in [3.63, 3.8) is 0 Å². The first-order valence-corrected chi connectivity index (χ1v) is 11.2. The predicted molar refractivity (Wildman–Crippen MR) is 109 cm³/mol. The Kier molecular flexibility index (Phi) is 4.47. The van der Waals surface area contributed by atoms with E-state index in [0.717, 1.165) is 42.3 Å². The standard InChI is InChI=1S/C20H27BN2O4S/c1-12(2)23-10-20(11-23)8-22(9-20)5-6-28-16-4-3-13-14-7-15(14)21(26)27-18(13)17(16)19(24)25/h3-4,12,14-15,26H,5-11H2,1-2H3,(H,24,25). The largest absolute Gasteiger partial charge is 0.535 e. The van der Waals surface area contributed by atoms with E-state index in [0.29, 0.717) is 17.2 Å². The van der Waals surface area contributed by atoms with E-state index >= 15 is 0 Å². The number of aromatic carboxylic acids is 1. The molecule has 6 nitrogen and oxygen atoms in total. The molecule has 1 saturated carbocycles. The zero-order valence-electron chi connectivity index (χ0n) is 16.4. The molecule has 0 amide bonds. The second-order valence-corrected chi connectivity index (χ2v) is 10.4. The maximum Gasteiger partial charge on any atom is 0.526 e. The molecule has 5 rings (SSSR count). The molecule has 0 aromatic heterocycles. The number of rotatable bonds is 6. The lowest BCUT2D eigenvalue weighted by Gasteiger charge is -2.61. The molecule has 2 atom stereocenters. The Morgan fingerprint density at radius 1 is 1.36 bits per heavy atom. The van der Waals surface area contributed by atoms with Gasteiger partial charge in [0, 0.05) is 60.6 Å². The van der Waals surface area contributed by atoms with Crippen LogP contribution >= 0.6 is 11.8 Å². The smallest absolute Gasteiger partial charge is 0.526 e. The normalized spacial score (nSPS) is 27.6. The third-order valence-corrected chi connectivity index (χ3v) is 7.84. The highest BCUT2D eigenvalue weighted by atomic mass is 32.2. The number of hydrogen-bond acceptors (Lipinski definition) is 6. The number of thioether (sulfide) groups is 1. The highest BCUT2D eigenvalue weighted by Crippen LogP contribution is 2.60. The zero-order valence-corrected chi connectivity index (χ0v) is 17.2. The van der Waals surface area contributed by atoms with Crippen molar-refractivity contribution in [2.45, 2.75) is 42.9 Å². The fourth-order valence-corrected chi connectivity index (χ4v) is 6.20. The summed E-state index contributed by atoms with van der Waals surface area (Å²) in [5.41, 5.74) is 1.68. The Morgan fingerprint density at radius 2 is 2.11 bits per heavy atom. The number of carboxylic acid groups (broad SMARTS) is 1. The summed E-state index contributed by atoms with van der Waals surface area (Å²) in [5.74, 6) is 0.648. The van der Waals surface area contributed by atoms with Crippen molar-refractivity contribution in [1.82, 2.24) is 9.80 Å². The van der Waals surface area contributed by atoms with Crippen LogP contribution in [0.4, 0.5) is 0 Å². The second-order valence-electron chi connectivity index (χ2n) is 9.23. The van der Waals surface area contributed by atoms with E-state index in [4.69, 9.17) is 4.65 Å². The van der Waals surface area contributed by atoms with E-state index in [2.05, 4.69) is 23.6 Å². The summed E-state index contributed by atoms with van der Waals surface area (Å²) in [4.78, 5) is 17.6. The van der Waals surface area contributed by atoms with E-state index in [1.54, 1.807) is 11.8 Å². The molecule has 150 valence electrons. The Morgan fingerprint density at radius 3 is 2.79 bits per heavy atom. The lowest BCUT2D eigenvalue weighted by atomic mass is 9.72. The highest BCUT2D eigenvalue weighted by molar-refractivity contribution is 7.99. The zero-order chi connectivity index (χ0) is 19.6. The number of benzene rings is 1. The van der Waals surface area contributed by atoms with Gasteiger partial charge in [-0.1, -0.05) is 6.07 Å². The molecular formula is C20H27BN2O4S. The highest BCUT2D eigenvalue weighted by Gasteiger charge is 2.54. The SMILES string of the molecule is CC(C)N1CC2(CN(CCSc3ccc4c(c3C(=O)O)OB(O)C3CC43)C2)C1. The van der Waals surface area contributed by atoms with Gasteiger partial charge in [0.15, 0.2) is 0 Å². The van der Waals surface area contributed by atoms with Crippen molar-refractivity contribution in [2.75, 3.05) is 38.5 Å². The minimum Gasteiger partial charge on any atom is -0.535 e. The summed E-state index contributed by atoms with van der Waals surface area (Å²) in [7, 11) is -0.874. The maximum absolute atomic E-state index is 11.9. The van der Waals surface area contributed by atoms with Gasteiger partial charge in [-0.05, 0) is 37.8 Å². The number of nitrogens with zero attached hydrogens (tertiary/aromatic N) is 2. The molecular weight excluding hydrogens is 375 g/mol.